The van der Waals surface area contributed by atoms with Gasteiger partial charge in [0.1, 0.15) is 48.1 Å². The van der Waals surface area contributed by atoms with Gasteiger partial charge in [0.25, 0.3) is 24.1 Å². The van der Waals surface area contributed by atoms with E-state index in [1.54, 1.807) is 63.4 Å². The van der Waals surface area contributed by atoms with Crippen molar-refractivity contribution < 1.29 is 31.9 Å². The number of aryl methyl sites for hydroxylation is 5. The first-order chi connectivity index (χ1) is 49.3. The third kappa shape index (κ3) is 15.4. The molecule has 0 spiro atoms. The standard InChI is InChI=1S/C78H73ClF4N16O3/c1-6-66-58(16-9-47-35-61(74(85)87-40-47)49-23-29-98(30-24-49)77(101)56-18-13-53(38-64(56)80)72-59(67(7-2)89-43-92-72)20-10-48-15-22-70(84)94-45(48)4)71(91-42-88-66)52-12-17-55(63(79)37-52)76(100)97-27-25-50(26-28-97)62-36-51(46(5)95-75(62)86)11-21-60-68(8-3)90-44-93-73(60)54-14-19-57(65(81)39-54)78(102)99-33-31-96(32-34-99)41-69(82)83/h12-15,17-19,22,35-40,42-44,49-50,69H,6-8,23-34,41H2,1-5H3,(H2,84,94)(H2,85,87)(H2,86,95). The average molecular weight is 1390 g/mol. The van der Waals surface area contributed by atoms with Gasteiger partial charge in [0.15, 0.2) is 0 Å². The largest absolute Gasteiger partial charge is 0.384 e. The molecule has 12 rings (SSSR count). The highest BCUT2D eigenvalue weighted by Crippen LogP contribution is 2.37. The van der Waals surface area contributed by atoms with Gasteiger partial charge in [0.2, 0.25) is 0 Å². The summed E-state index contributed by atoms with van der Waals surface area (Å²) in [7, 11) is 0. The zero-order valence-electron chi connectivity index (χ0n) is 57.0. The number of halogens is 5. The van der Waals surface area contributed by atoms with Gasteiger partial charge in [-0.15, -0.1) is 0 Å². The number of likely N-dealkylation sites (tertiary alicyclic amines) is 2. The Morgan fingerprint density at radius 2 is 0.941 bits per heavy atom. The van der Waals surface area contributed by atoms with Crippen molar-refractivity contribution in [3.8, 4) is 69.3 Å². The summed E-state index contributed by atoms with van der Waals surface area (Å²) in [5, 5.41) is 0.241. The molecule has 3 amide bonds. The van der Waals surface area contributed by atoms with E-state index in [9.17, 15) is 23.2 Å². The van der Waals surface area contributed by atoms with Crippen molar-refractivity contribution >= 4 is 46.8 Å². The number of aromatic nitrogens is 9. The number of nitrogens with two attached hydrogens (primary N) is 3. The monoisotopic (exact) mass is 1390 g/mol. The lowest BCUT2D eigenvalue weighted by molar-refractivity contribution is 0.0455. The second-order valence-electron chi connectivity index (χ2n) is 25.3. The third-order valence-corrected chi connectivity index (χ3v) is 19.3. The molecule has 6 aromatic heterocycles. The van der Waals surface area contributed by atoms with Crippen LogP contribution in [0.15, 0.2) is 104 Å². The van der Waals surface area contributed by atoms with Crippen molar-refractivity contribution in [1.82, 2.24) is 64.5 Å². The molecule has 0 atom stereocenters. The molecular weight excluding hydrogens is 1320 g/mol. The van der Waals surface area contributed by atoms with Gasteiger partial charge < -0.3 is 31.9 Å². The number of hydrogen-bond acceptors (Lipinski definition) is 16. The van der Waals surface area contributed by atoms with Crippen LogP contribution in [0, 0.1) is 61.0 Å². The van der Waals surface area contributed by atoms with E-state index in [0.717, 1.165) is 11.1 Å². The molecule has 3 aromatic carbocycles. The molecule has 3 aliphatic rings. The maximum atomic E-state index is 16.1. The van der Waals surface area contributed by atoms with Crippen LogP contribution in [0.2, 0.25) is 5.02 Å². The lowest BCUT2D eigenvalue weighted by Crippen LogP contribution is -2.49. The molecule has 9 heterocycles. The Kier molecular flexibility index (Phi) is 21.6. The first-order valence-electron chi connectivity index (χ1n) is 33.9. The highest BCUT2D eigenvalue weighted by molar-refractivity contribution is 6.34. The van der Waals surface area contributed by atoms with Crippen LogP contribution in [0.5, 0.6) is 0 Å². The summed E-state index contributed by atoms with van der Waals surface area (Å²) in [4.78, 5) is 88.9. The fourth-order valence-electron chi connectivity index (χ4n) is 13.3. The van der Waals surface area contributed by atoms with Crippen molar-refractivity contribution in [2.75, 3.05) is 76.1 Å². The minimum Gasteiger partial charge on any atom is -0.384 e. The molecule has 3 fully saturated rings. The van der Waals surface area contributed by atoms with E-state index in [4.69, 9.17) is 33.8 Å². The van der Waals surface area contributed by atoms with E-state index in [-0.39, 0.29) is 66.6 Å². The number of carbonyl (C=O) groups excluding carboxylic acids is 3. The number of nitrogens with zero attached hydrogens (tertiary/aromatic N) is 13. The summed E-state index contributed by atoms with van der Waals surface area (Å²) < 4.78 is 57.9. The topological polar surface area (TPSA) is 258 Å². The van der Waals surface area contributed by atoms with Crippen LogP contribution in [0.1, 0.15) is 162 Å². The van der Waals surface area contributed by atoms with Crippen LogP contribution >= 0.6 is 11.6 Å². The quantitative estimate of drug-likeness (QED) is 0.0716. The third-order valence-electron chi connectivity index (χ3n) is 19.0. The fourth-order valence-corrected chi connectivity index (χ4v) is 13.6. The summed E-state index contributed by atoms with van der Waals surface area (Å²) in [6.07, 6.45) is 7.33. The van der Waals surface area contributed by atoms with Gasteiger partial charge in [-0.2, -0.15) is 0 Å². The van der Waals surface area contributed by atoms with E-state index in [1.165, 1.54) is 48.1 Å². The second kappa shape index (κ2) is 31.1. The molecule has 0 saturated carbocycles. The van der Waals surface area contributed by atoms with Crippen LogP contribution in [-0.4, -0.2) is 148 Å². The summed E-state index contributed by atoms with van der Waals surface area (Å²) in [6, 6.07) is 21.4. The van der Waals surface area contributed by atoms with Crippen LogP contribution in [0.25, 0.3) is 33.8 Å². The fraction of sp³-hybridized carbons (Fsp3) is 0.308. The Hall–Kier alpha value is -11.2. The number of piperidine rings is 2. The Morgan fingerprint density at radius 3 is 1.41 bits per heavy atom. The molecule has 0 unspecified atom stereocenters. The Bertz CT molecular complexity index is 4960. The number of anilines is 3. The van der Waals surface area contributed by atoms with E-state index in [2.05, 4.69) is 75.4 Å². The molecule has 0 radical (unpaired) electrons. The lowest BCUT2D eigenvalue weighted by atomic mass is 9.88. The van der Waals surface area contributed by atoms with Gasteiger partial charge in [0, 0.05) is 91.9 Å². The number of piperazine rings is 1. The minimum atomic E-state index is -2.48. The van der Waals surface area contributed by atoms with Crippen molar-refractivity contribution in [2.24, 2.45) is 0 Å². The highest BCUT2D eigenvalue weighted by Gasteiger charge is 2.32. The van der Waals surface area contributed by atoms with E-state index < -0.39 is 29.9 Å². The van der Waals surface area contributed by atoms with E-state index >= 15 is 8.78 Å². The molecule has 0 bridgehead atoms. The van der Waals surface area contributed by atoms with Crippen molar-refractivity contribution in [1.29, 1.82) is 0 Å². The van der Waals surface area contributed by atoms with Gasteiger partial charge in [-0.1, -0.05) is 86.1 Å². The molecular formula is C78H73ClF4N16O3. The number of benzene rings is 3. The molecule has 3 saturated heterocycles. The van der Waals surface area contributed by atoms with Crippen LogP contribution in [-0.2, 0) is 19.3 Å². The predicted octanol–water partition coefficient (Wildman–Crippen LogP) is 11.5. The molecule has 19 nitrogen and oxygen atoms in total. The lowest BCUT2D eigenvalue weighted by Gasteiger charge is -2.34. The molecule has 518 valence electrons. The normalized spacial score (nSPS) is 14.4. The predicted molar refractivity (Wildman–Crippen MR) is 383 cm³/mol. The smallest absolute Gasteiger partial charge is 0.256 e. The van der Waals surface area contributed by atoms with Crippen molar-refractivity contribution in [2.45, 2.75) is 97.8 Å². The number of amides is 3. The Balaban J connectivity index is 0.687. The Labute approximate surface area is 593 Å². The molecule has 3 aliphatic heterocycles. The van der Waals surface area contributed by atoms with Crippen molar-refractivity contribution in [3.63, 3.8) is 0 Å². The summed E-state index contributed by atoms with van der Waals surface area (Å²) in [5.41, 5.74) is 30.5. The number of pyridine rings is 3. The summed E-state index contributed by atoms with van der Waals surface area (Å²) in [5.74, 6) is 17.9. The number of carbonyl (C=O) groups is 3. The van der Waals surface area contributed by atoms with Gasteiger partial charge in [-0.25, -0.2) is 62.4 Å². The first-order valence-corrected chi connectivity index (χ1v) is 34.3. The van der Waals surface area contributed by atoms with Gasteiger partial charge in [-0.3, -0.25) is 19.3 Å². The number of hydrogen-bond donors (Lipinski definition) is 3. The first kappa shape index (κ1) is 70.7. The molecule has 102 heavy (non-hydrogen) atoms. The molecule has 6 N–H and O–H groups in total. The zero-order valence-corrected chi connectivity index (χ0v) is 57.8. The Morgan fingerprint density at radius 1 is 0.500 bits per heavy atom. The van der Waals surface area contributed by atoms with Crippen molar-refractivity contribution in [3.05, 3.63) is 210 Å². The van der Waals surface area contributed by atoms with Crippen LogP contribution in [0.4, 0.5) is 35.0 Å². The minimum absolute atomic E-state index is 0.0470. The van der Waals surface area contributed by atoms with Gasteiger partial charge >= 0.3 is 0 Å². The van der Waals surface area contributed by atoms with E-state index in [0.29, 0.717) is 190 Å². The molecule has 24 heteroatoms. The summed E-state index contributed by atoms with van der Waals surface area (Å²) >= 11 is 7.02. The number of nitrogen functional groups attached to an aromatic ring is 3. The zero-order chi connectivity index (χ0) is 71.9. The number of rotatable bonds is 13. The maximum Gasteiger partial charge on any atom is 0.256 e. The highest BCUT2D eigenvalue weighted by atomic mass is 35.5. The number of alkyl halides is 2. The van der Waals surface area contributed by atoms with Crippen LogP contribution in [0.3, 0.4) is 0 Å². The molecule has 0 aliphatic carbocycles. The van der Waals surface area contributed by atoms with E-state index in [1.807, 2.05) is 46.8 Å². The summed E-state index contributed by atoms with van der Waals surface area (Å²) in [6.45, 7) is 11.6. The average Bonchev–Trinajstić information content (AvgIpc) is 0.803. The van der Waals surface area contributed by atoms with Gasteiger partial charge in [-0.05, 0) is 142 Å². The second-order valence-corrected chi connectivity index (χ2v) is 25.7. The maximum absolute atomic E-state index is 16.1. The molecule has 9 aromatic rings. The SMILES string of the molecule is CCc1ncnc(-c2ccc(C(=O)N3CCC(c4cc(C#Cc5c(CC)ncnc5-c5ccc(C(=O)N6CCC(c7cc(C#Cc8c(CC)ncnc8-c8ccc(C(=O)N9CCN(CC(F)F)CC9)c(F)c8)c(C)nc7N)CC6)c(Cl)c5)cnc4N)CC3)c(F)c2)c1C#Cc1ccc(N)nc1C. The van der Waals surface area contributed by atoms with Gasteiger partial charge in [0.05, 0.1) is 90.5 Å². The van der Waals surface area contributed by atoms with Crippen LogP contribution < -0.4 is 17.2 Å².